The van der Waals surface area contributed by atoms with Crippen LogP contribution < -0.4 is 5.32 Å². The van der Waals surface area contributed by atoms with Crippen molar-refractivity contribution in [1.29, 1.82) is 0 Å². The van der Waals surface area contributed by atoms with Crippen LogP contribution in [0.1, 0.15) is 226 Å². The van der Waals surface area contributed by atoms with Crippen LogP contribution in [0.4, 0.5) is 0 Å². The van der Waals surface area contributed by atoms with Gasteiger partial charge in [-0.3, -0.25) is 18.6 Å². The Morgan fingerprint density at radius 2 is 0.901 bits per heavy atom. The van der Waals surface area contributed by atoms with E-state index >= 15 is 0 Å². The van der Waals surface area contributed by atoms with E-state index in [0.717, 1.165) is 103 Å². The maximum atomic E-state index is 13.5. The largest absolute Gasteiger partial charge is 0.472 e. The highest BCUT2D eigenvalue weighted by Crippen LogP contribution is 2.43. The molecule has 0 aromatic carbocycles. The fourth-order valence-electron chi connectivity index (χ4n) is 7.58. The van der Waals surface area contributed by atoms with E-state index in [-0.39, 0.29) is 31.5 Å². The molecule has 0 saturated carbocycles. The normalized spacial score (nSPS) is 14.5. The maximum Gasteiger partial charge on any atom is 0.472 e. The number of nitrogens with one attached hydrogen (secondary N) is 1. The SMILES string of the molecule is CC/C=C/C/C=C/C/C=C/CCCCCCC(=O)NC(COP(=O)(O)OCC[N+](C)(C)C)C(/C=C/CCCCCCCCCCCC)OC(=O)CCCCC/C=C\C/C=C\C/C=C\C/C=C\CCCCC. The molecule has 0 aliphatic rings. The molecular formula is C61H108N2O7P+. The van der Waals surface area contributed by atoms with Gasteiger partial charge < -0.3 is 19.4 Å². The first-order valence-corrected chi connectivity index (χ1v) is 30.1. The van der Waals surface area contributed by atoms with Crippen molar-refractivity contribution in [2.75, 3.05) is 40.9 Å². The summed E-state index contributed by atoms with van der Waals surface area (Å²) in [5, 5.41) is 3.02. The summed E-state index contributed by atoms with van der Waals surface area (Å²) in [5.41, 5.74) is 0. The molecule has 10 heteroatoms. The number of phosphoric acid groups is 1. The molecule has 0 fully saturated rings. The Kier molecular flexibility index (Phi) is 48.3. The van der Waals surface area contributed by atoms with Gasteiger partial charge in [0, 0.05) is 12.8 Å². The predicted octanol–water partition coefficient (Wildman–Crippen LogP) is 17.2. The summed E-state index contributed by atoms with van der Waals surface area (Å²) in [6.07, 6.45) is 66.9. The second kappa shape index (κ2) is 50.5. The van der Waals surface area contributed by atoms with Gasteiger partial charge in [0.1, 0.15) is 19.3 Å². The molecule has 0 heterocycles. The monoisotopic (exact) mass is 1010 g/mol. The van der Waals surface area contributed by atoms with Crippen LogP contribution in [-0.2, 0) is 27.9 Å². The maximum absolute atomic E-state index is 13.5. The van der Waals surface area contributed by atoms with Crippen LogP contribution in [-0.4, -0.2) is 74.3 Å². The molecule has 1 amide bonds. The number of hydrogen-bond donors (Lipinski definition) is 2. The lowest BCUT2D eigenvalue weighted by Crippen LogP contribution is -2.47. The van der Waals surface area contributed by atoms with Gasteiger partial charge in [0.05, 0.1) is 33.8 Å². The minimum atomic E-state index is -4.46. The number of phosphoric ester groups is 1. The minimum absolute atomic E-state index is 0.0255. The zero-order valence-electron chi connectivity index (χ0n) is 46.4. The highest BCUT2D eigenvalue weighted by atomic mass is 31.2. The molecule has 0 radical (unpaired) electrons. The summed E-state index contributed by atoms with van der Waals surface area (Å²) in [4.78, 5) is 37.6. The van der Waals surface area contributed by atoms with Gasteiger partial charge in [-0.05, 0) is 109 Å². The molecule has 0 saturated heterocycles. The van der Waals surface area contributed by atoms with E-state index < -0.39 is 20.0 Å². The third-order valence-electron chi connectivity index (χ3n) is 12.0. The molecule has 9 nitrogen and oxygen atoms in total. The first kappa shape index (κ1) is 67.9. The number of allylic oxidation sites excluding steroid dienone is 15. The Morgan fingerprint density at radius 1 is 0.507 bits per heavy atom. The predicted molar refractivity (Wildman–Crippen MR) is 304 cm³/mol. The van der Waals surface area contributed by atoms with Gasteiger partial charge in [-0.25, -0.2) is 4.57 Å². The lowest BCUT2D eigenvalue weighted by atomic mass is 10.1. The van der Waals surface area contributed by atoms with Crippen molar-refractivity contribution >= 4 is 19.7 Å². The van der Waals surface area contributed by atoms with Gasteiger partial charge in [0.25, 0.3) is 0 Å². The average Bonchev–Trinajstić information content (AvgIpc) is 3.33. The molecule has 0 rings (SSSR count). The Morgan fingerprint density at radius 3 is 1.39 bits per heavy atom. The summed E-state index contributed by atoms with van der Waals surface area (Å²) >= 11 is 0. The molecule has 408 valence electrons. The second-order valence-electron chi connectivity index (χ2n) is 20.1. The lowest BCUT2D eigenvalue weighted by Gasteiger charge is -2.27. The zero-order chi connectivity index (χ0) is 52.2. The Balaban J connectivity index is 5.44. The number of nitrogens with zero attached hydrogens (tertiary/aromatic N) is 1. The van der Waals surface area contributed by atoms with Gasteiger partial charge in [-0.15, -0.1) is 0 Å². The van der Waals surface area contributed by atoms with Gasteiger partial charge in [0.2, 0.25) is 5.91 Å². The van der Waals surface area contributed by atoms with Crippen LogP contribution >= 0.6 is 7.82 Å². The number of ether oxygens (including phenoxy) is 1. The highest BCUT2D eigenvalue weighted by molar-refractivity contribution is 7.47. The van der Waals surface area contributed by atoms with E-state index in [4.69, 9.17) is 13.8 Å². The Labute approximate surface area is 437 Å². The van der Waals surface area contributed by atoms with Crippen LogP contribution in [0.25, 0.3) is 0 Å². The van der Waals surface area contributed by atoms with Crippen LogP contribution in [0, 0.1) is 0 Å². The van der Waals surface area contributed by atoms with Gasteiger partial charge in [-0.2, -0.15) is 0 Å². The number of amides is 1. The molecule has 3 atom stereocenters. The van der Waals surface area contributed by atoms with Gasteiger partial charge in [0.15, 0.2) is 0 Å². The minimum Gasteiger partial charge on any atom is -0.456 e. The van der Waals surface area contributed by atoms with Gasteiger partial charge in [-0.1, -0.05) is 202 Å². The molecule has 0 aromatic heterocycles. The smallest absolute Gasteiger partial charge is 0.456 e. The van der Waals surface area contributed by atoms with E-state index in [1.54, 1.807) is 0 Å². The highest BCUT2D eigenvalue weighted by Gasteiger charge is 2.30. The van der Waals surface area contributed by atoms with Crippen LogP contribution in [0.3, 0.4) is 0 Å². The fourth-order valence-corrected chi connectivity index (χ4v) is 8.32. The van der Waals surface area contributed by atoms with Crippen LogP contribution in [0.2, 0.25) is 0 Å². The standard InChI is InChI=1S/C61H107N2O7P/c1-7-10-13-16-19-22-25-28-30-31-32-33-34-36-39-42-45-48-51-54-61(65)70-59(52-49-46-43-40-37-27-24-21-18-15-12-9-3)58(57-69-71(66,67)68-56-55-63(4,5)6)62-60(64)53-50-47-44-41-38-35-29-26-23-20-17-14-11-8-2/h11,14,19-20,22-23,28-30,32-33,35-36,39,49,52,58-59H,7-10,12-13,15-18,21,24-27,31,34,37-38,40-48,50-51,53-57H2,1-6H3,(H-,62,64,66,67)/p+1/b14-11+,22-19-,23-20+,30-28-,33-32-,35-29+,39-36-,52-49+. The quantitative estimate of drug-likeness (QED) is 0.0205. The molecule has 0 spiro atoms. The van der Waals surface area contributed by atoms with E-state index in [1.807, 2.05) is 33.3 Å². The first-order valence-electron chi connectivity index (χ1n) is 28.6. The zero-order valence-corrected chi connectivity index (χ0v) is 47.3. The van der Waals surface area contributed by atoms with Crippen molar-refractivity contribution in [3.63, 3.8) is 0 Å². The van der Waals surface area contributed by atoms with Gasteiger partial charge >= 0.3 is 13.8 Å². The second-order valence-corrected chi connectivity index (χ2v) is 21.5. The van der Waals surface area contributed by atoms with E-state index in [0.29, 0.717) is 30.3 Å². The lowest BCUT2D eigenvalue weighted by molar-refractivity contribution is -0.870. The molecule has 0 bridgehead atoms. The van der Waals surface area contributed by atoms with E-state index in [2.05, 4.69) is 111 Å². The molecule has 0 aliphatic carbocycles. The number of carbonyl (C=O) groups is 2. The number of quaternary nitrogens is 1. The number of carbonyl (C=O) groups excluding carboxylic acids is 2. The summed E-state index contributed by atoms with van der Waals surface area (Å²) in [5.74, 6) is -0.574. The van der Waals surface area contributed by atoms with E-state index in [1.165, 1.54) is 77.0 Å². The number of rotatable bonds is 50. The van der Waals surface area contributed by atoms with Crippen LogP contribution in [0.15, 0.2) is 97.2 Å². The fraction of sp³-hybridized carbons (Fsp3) is 0.705. The summed E-state index contributed by atoms with van der Waals surface area (Å²) in [6.45, 7) is 6.81. The van der Waals surface area contributed by atoms with E-state index in [9.17, 15) is 19.0 Å². The van der Waals surface area contributed by atoms with Crippen LogP contribution in [0.5, 0.6) is 0 Å². The number of unbranched alkanes of at least 4 members (excludes halogenated alkanes) is 20. The molecule has 0 aromatic rings. The Hall–Kier alpha value is -3.07. The number of hydrogen-bond acceptors (Lipinski definition) is 6. The third-order valence-corrected chi connectivity index (χ3v) is 13.0. The van der Waals surface area contributed by atoms with Crippen molar-refractivity contribution in [3.8, 4) is 0 Å². The molecule has 0 aliphatic heterocycles. The van der Waals surface area contributed by atoms with Crippen molar-refractivity contribution in [2.45, 2.75) is 238 Å². The Bertz CT molecular complexity index is 1540. The number of esters is 1. The molecule has 71 heavy (non-hydrogen) atoms. The average molecular weight is 1010 g/mol. The van der Waals surface area contributed by atoms with Crippen molar-refractivity contribution in [2.24, 2.45) is 0 Å². The summed E-state index contributed by atoms with van der Waals surface area (Å²) < 4.78 is 30.6. The first-order chi connectivity index (χ1) is 34.4. The van der Waals surface area contributed by atoms with Crippen molar-refractivity contribution in [3.05, 3.63) is 97.2 Å². The molecule has 3 unspecified atom stereocenters. The number of likely N-dealkylation sites (N-methyl/N-ethyl adjacent to an activating group) is 1. The molecule has 2 N–H and O–H groups in total. The third kappa shape index (κ3) is 51.6. The summed E-state index contributed by atoms with van der Waals surface area (Å²) in [6, 6.07) is -0.878. The van der Waals surface area contributed by atoms with Crippen molar-refractivity contribution in [1.82, 2.24) is 5.32 Å². The topological polar surface area (TPSA) is 111 Å². The summed E-state index contributed by atoms with van der Waals surface area (Å²) in [7, 11) is 1.45. The molecular weight excluding hydrogens is 904 g/mol. The van der Waals surface area contributed by atoms with Crippen molar-refractivity contribution < 1.29 is 37.3 Å².